The minimum atomic E-state index is -0.129. The van der Waals surface area contributed by atoms with Crippen LogP contribution in [0.5, 0.6) is 0 Å². The molecule has 2 aromatic heterocycles. The van der Waals surface area contributed by atoms with E-state index in [1.54, 1.807) is 23.5 Å². The van der Waals surface area contributed by atoms with Gasteiger partial charge in [0.15, 0.2) is 11.7 Å². The van der Waals surface area contributed by atoms with E-state index in [2.05, 4.69) is 45.3 Å². The predicted molar refractivity (Wildman–Crippen MR) is 130 cm³/mol. The number of carbonyl (C=O) groups excluding carboxylic acids is 2. The summed E-state index contributed by atoms with van der Waals surface area (Å²) < 4.78 is 5.72. The normalized spacial score (nSPS) is 14.2. The van der Waals surface area contributed by atoms with Crippen LogP contribution in [0.1, 0.15) is 30.4 Å². The molecular formula is C26H31N5O3. The Labute approximate surface area is 200 Å². The maximum absolute atomic E-state index is 12.7. The van der Waals surface area contributed by atoms with Gasteiger partial charge in [-0.2, -0.15) is 0 Å². The SMILES string of the molecule is CCc1cc(N2CCC(=O)N(CC(=O)NCCc3ccncc3)CC2)ccc1-c1cnc(C)o1. The standard InChI is InChI=1S/C26H31N5O3/c1-3-21-16-22(4-5-23(21)24-17-29-19(2)34-24)30-13-9-26(33)31(15-14-30)18-25(32)28-12-8-20-6-10-27-11-7-20/h4-7,10-11,16-17H,3,8-9,12-15,18H2,1-2H3,(H,28,32). The number of nitrogens with zero attached hydrogens (tertiary/aromatic N) is 4. The van der Waals surface area contributed by atoms with Gasteiger partial charge in [0, 0.05) is 63.2 Å². The highest BCUT2D eigenvalue weighted by molar-refractivity contribution is 5.85. The van der Waals surface area contributed by atoms with Crippen LogP contribution in [-0.2, 0) is 22.4 Å². The lowest BCUT2D eigenvalue weighted by Gasteiger charge is -2.24. The lowest BCUT2D eigenvalue weighted by atomic mass is 10.0. The summed E-state index contributed by atoms with van der Waals surface area (Å²) in [5.41, 5.74) is 4.42. The van der Waals surface area contributed by atoms with Crippen LogP contribution >= 0.6 is 0 Å². The van der Waals surface area contributed by atoms with Crippen molar-refractivity contribution in [2.24, 2.45) is 0 Å². The van der Waals surface area contributed by atoms with E-state index in [9.17, 15) is 9.59 Å². The zero-order chi connectivity index (χ0) is 23.9. The van der Waals surface area contributed by atoms with Crippen molar-refractivity contribution in [2.75, 3.05) is 37.6 Å². The Morgan fingerprint density at radius 2 is 1.97 bits per heavy atom. The zero-order valence-electron chi connectivity index (χ0n) is 19.8. The molecular weight excluding hydrogens is 430 g/mol. The predicted octanol–water partition coefficient (Wildman–Crippen LogP) is 3.01. The van der Waals surface area contributed by atoms with E-state index in [4.69, 9.17) is 4.42 Å². The van der Waals surface area contributed by atoms with Crippen molar-refractivity contribution < 1.29 is 14.0 Å². The number of oxazole rings is 1. The van der Waals surface area contributed by atoms with Crippen LogP contribution in [0.15, 0.2) is 53.3 Å². The second kappa shape index (κ2) is 11.0. The quantitative estimate of drug-likeness (QED) is 0.555. The molecule has 1 saturated heterocycles. The second-order valence-electron chi connectivity index (χ2n) is 8.45. The summed E-state index contributed by atoms with van der Waals surface area (Å²) in [5, 5.41) is 2.92. The van der Waals surface area contributed by atoms with E-state index in [-0.39, 0.29) is 18.4 Å². The Bertz CT molecular complexity index is 1130. The van der Waals surface area contributed by atoms with E-state index in [1.165, 1.54) is 5.56 Å². The minimum Gasteiger partial charge on any atom is -0.441 e. The van der Waals surface area contributed by atoms with Gasteiger partial charge in [-0.25, -0.2) is 4.98 Å². The summed E-state index contributed by atoms with van der Waals surface area (Å²) in [4.78, 5) is 37.2. The van der Waals surface area contributed by atoms with E-state index in [0.717, 1.165) is 35.4 Å². The maximum atomic E-state index is 12.7. The third-order valence-corrected chi connectivity index (χ3v) is 6.13. The van der Waals surface area contributed by atoms with Gasteiger partial charge < -0.3 is 19.5 Å². The highest BCUT2D eigenvalue weighted by atomic mass is 16.4. The molecule has 0 unspecified atom stereocenters. The Morgan fingerprint density at radius 1 is 1.15 bits per heavy atom. The third kappa shape index (κ3) is 5.81. The first-order valence-corrected chi connectivity index (χ1v) is 11.8. The molecule has 4 rings (SSSR count). The number of rotatable bonds is 8. The molecule has 3 heterocycles. The van der Waals surface area contributed by atoms with Gasteiger partial charge in [-0.3, -0.25) is 14.6 Å². The van der Waals surface area contributed by atoms with Crippen LogP contribution in [0.3, 0.4) is 0 Å². The molecule has 1 N–H and O–H groups in total. The first-order chi connectivity index (χ1) is 16.5. The van der Waals surface area contributed by atoms with Crippen LogP contribution in [0.25, 0.3) is 11.3 Å². The number of amides is 2. The number of pyridine rings is 1. The molecule has 0 spiro atoms. The summed E-state index contributed by atoms with van der Waals surface area (Å²) in [6.45, 7) is 6.41. The van der Waals surface area contributed by atoms with Crippen LogP contribution in [0.2, 0.25) is 0 Å². The average Bonchev–Trinajstić information content (AvgIpc) is 3.20. The number of aryl methyl sites for hydroxylation is 2. The van der Waals surface area contributed by atoms with Crippen molar-refractivity contribution in [1.82, 2.24) is 20.2 Å². The van der Waals surface area contributed by atoms with Crippen LogP contribution in [-0.4, -0.2) is 59.4 Å². The summed E-state index contributed by atoms with van der Waals surface area (Å²) in [6, 6.07) is 10.2. The van der Waals surface area contributed by atoms with Gasteiger partial charge in [0.05, 0.1) is 12.7 Å². The topological polar surface area (TPSA) is 91.6 Å². The fourth-order valence-corrected chi connectivity index (χ4v) is 4.21. The van der Waals surface area contributed by atoms with E-state index < -0.39 is 0 Å². The fraction of sp³-hybridized carbons (Fsp3) is 0.385. The molecule has 1 fully saturated rings. The fourth-order valence-electron chi connectivity index (χ4n) is 4.21. The van der Waals surface area contributed by atoms with Crippen molar-refractivity contribution in [3.8, 4) is 11.3 Å². The van der Waals surface area contributed by atoms with Gasteiger partial charge in [-0.15, -0.1) is 0 Å². The number of hydrogen-bond donors (Lipinski definition) is 1. The molecule has 3 aromatic rings. The molecule has 8 heteroatoms. The van der Waals surface area contributed by atoms with Crippen molar-refractivity contribution in [3.63, 3.8) is 0 Å². The molecule has 0 saturated carbocycles. The number of nitrogens with one attached hydrogen (secondary N) is 1. The van der Waals surface area contributed by atoms with Gasteiger partial charge in [-0.05, 0) is 54.3 Å². The largest absolute Gasteiger partial charge is 0.441 e. The molecule has 0 atom stereocenters. The first-order valence-electron chi connectivity index (χ1n) is 11.8. The second-order valence-corrected chi connectivity index (χ2v) is 8.45. The highest BCUT2D eigenvalue weighted by Gasteiger charge is 2.23. The van der Waals surface area contributed by atoms with Gasteiger partial charge in [0.25, 0.3) is 0 Å². The summed E-state index contributed by atoms with van der Waals surface area (Å²) in [5.74, 6) is 1.30. The van der Waals surface area contributed by atoms with Crippen LogP contribution < -0.4 is 10.2 Å². The van der Waals surface area contributed by atoms with Crippen LogP contribution in [0.4, 0.5) is 5.69 Å². The summed E-state index contributed by atoms with van der Waals surface area (Å²) >= 11 is 0. The molecule has 1 aromatic carbocycles. The first kappa shape index (κ1) is 23.5. The highest BCUT2D eigenvalue weighted by Crippen LogP contribution is 2.29. The van der Waals surface area contributed by atoms with Crippen molar-refractivity contribution in [1.29, 1.82) is 0 Å². The van der Waals surface area contributed by atoms with E-state index in [1.807, 2.05) is 19.1 Å². The molecule has 8 nitrogen and oxygen atoms in total. The molecule has 178 valence electrons. The minimum absolute atomic E-state index is 0.0104. The number of carbonyl (C=O) groups is 2. The van der Waals surface area contributed by atoms with Crippen molar-refractivity contribution in [3.05, 3.63) is 65.9 Å². The number of benzene rings is 1. The Hall–Kier alpha value is -3.68. The number of aromatic nitrogens is 2. The maximum Gasteiger partial charge on any atom is 0.239 e. The smallest absolute Gasteiger partial charge is 0.239 e. The molecule has 34 heavy (non-hydrogen) atoms. The van der Waals surface area contributed by atoms with Gasteiger partial charge in [-0.1, -0.05) is 6.92 Å². The molecule has 0 aliphatic carbocycles. The Morgan fingerprint density at radius 3 is 2.71 bits per heavy atom. The zero-order valence-corrected chi connectivity index (χ0v) is 19.8. The van der Waals surface area contributed by atoms with Crippen molar-refractivity contribution in [2.45, 2.75) is 33.1 Å². The van der Waals surface area contributed by atoms with E-state index in [0.29, 0.717) is 38.5 Å². The lowest BCUT2D eigenvalue weighted by molar-refractivity contribution is -0.135. The molecule has 1 aliphatic rings. The molecule has 2 amide bonds. The van der Waals surface area contributed by atoms with Gasteiger partial charge in [0.1, 0.15) is 0 Å². The lowest BCUT2D eigenvalue weighted by Crippen LogP contribution is -2.42. The summed E-state index contributed by atoms with van der Waals surface area (Å²) in [7, 11) is 0. The average molecular weight is 462 g/mol. The molecule has 0 radical (unpaired) electrons. The number of anilines is 1. The van der Waals surface area contributed by atoms with Crippen LogP contribution in [0, 0.1) is 6.92 Å². The van der Waals surface area contributed by atoms with Crippen molar-refractivity contribution >= 4 is 17.5 Å². The van der Waals surface area contributed by atoms with Gasteiger partial charge >= 0.3 is 0 Å². The Kier molecular flexibility index (Phi) is 7.57. The number of hydrogen-bond acceptors (Lipinski definition) is 6. The molecule has 0 bridgehead atoms. The summed E-state index contributed by atoms with van der Waals surface area (Å²) in [6.07, 6.45) is 7.22. The monoisotopic (exact) mass is 461 g/mol. The third-order valence-electron chi connectivity index (χ3n) is 6.13. The molecule has 1 aliphatic heterocycles. The Balaban J connectivity index is 1.34. The van der Waals surface area contributed by atoms with E-state index >= 15 is 0 Å². The van der Waals surface area contributed by atoms with Gasteiger partial charge in [0.2, 0.25) is 11.8 Å².